The number of aromatic nitrogens is 1. The highest BCUT2D eigenvalue weighted by molar-refractivity contribution is 7.85. The summed E-state index contributed by atoms with van der Waals surface area (Å²) in [6.45, 7) is 0. The van der Waals surface area contributed by atoms with Gasteiger partial charge in [-0.05, 0) is 71.8 Å². The van der Waals surface area contributed by atoms with Crippen LogP contribution in [0, 0.1) is 0 Å². The molecule has 0 aliphatic heterocycles. The zero-order chi connectivity index (χ0) is 30.7. The number of para-hydroxylation sites is 1. The highest BCUT2D eigenvalue weighted by atomic mass is 31.2. The molecule has 0 aliphatic rings. The van der Waals surface area contributed by atoms with Gasteiger partial charge in [0.05, 0.1) is 5.69 Å². The Morgan fingerprint density at radius 3 is 1.52 bits per heavy atom. The molecule has 5 heteroatoms. The molecule has 0 saturated heterocycles. The largest absolute Gasteiger partial charge is 0.456 e. The molecule has 0 bridgehead atoms. The van der Waals surface area contributed by atoms with E-state index in [9.17, 15) is 0 Å². The van der Waals surface area contributed by atoms with Gasteiger partial charge in [-0.15, -0.1) is 0 Å². The van der Waals surface area contributed by atoms with E-state index < -0.39 is 7.14 Å². The van der Waals surface area contributed by atoms with E-state index in [0.29, 0.717) is 11.0 Å². The fourth-order valence-electron chi connectivity index (χ4n) is 6.59. The first-order valence-corrected chi connectivity index (χ1v) is 16.9. The SMILES string of the molecule is O=P(c1ccccc1)(c1ccccc1)c1cccnc1-c1ccc2oc3ccc(-c4ccc5oc6ccccc6c5c4)cc3c2c1. The highest BCUT2D eigenvalue weighted by Crippen LogP contribution is 2.45. The van der Waals surface area contributed by atoms with Gasteiger partial charge in [0, 0.05) is 49.2 Å². The quantitative estimate of drug-likeness (QED) is 0.182. The number of furan rings is 2. The molecule has 3 heterocycles. The van der Waals surface area contributed by atoms with E-state index in [1.54, 1.807) is 6.20 Å². The number of hydrogen-bond donors (Lipinski definition) is 0. The molecule has 3 aromatic heterocycles. The second kappa shape index (κ2) is 10.4. The molecule has 0 fully saturated rings. The average molecular weight is 612 g/mol. The van der Waals surface area contributed by atoms with Crippen LogP contribution in [0.5, 0.6) is 0 Å². The van der Waals surface area contributed by atoms with Crippen molar-refractivity contribution >= 4 is 66.9 Å². The first-order valence-electron chi connectivity index (χ1n) is 15.2. The molecule has 0 atom stereocenters. The van der Waals surface area contributed by atoms with Crippen LogP contribution in [0.4, 0.5) is 0 Å². The highest BCUT2D eigenvalue weighted by Gasteiger charge is 2.32. The Bertz CT molecular complexity index is 2580. The summed E-state index contributed by atoms with van der Waals surface area (Å²) in [5.74, 6) is 0. The Labute approximate surface area is 264 Å². The predicted molar refractivity (Wildman–Crippen MR) is 189 cm³/mol. The lowest BCUT2D eigenvalue weighted by Gasteiger charge is -2.22. The average Bonchev–Trinajstić information content (AvgIpc) is 3.69. The molecule has 0 saturated carbocycles. The van der Waals surface area contributed by atoms with E-state index in [0.717, 1.165) is 71.2 Å². The van der Waals surface area contributed by atoms with Crippen LogP contribution in [0.25, 0.3) is 66.3 Å². The smallest absolute Gasteiger partial charge is 0.173 e. The number of hydrogen-bond acceptors (Lipinski definition) is 4. The van der Waals surface area contributed by atoms with Crippen LogP contribution in [0.3, 0.4) is 0 Å². The van der Waals surface area contributed by atoms with Crippen molar-refractivity contribution in [3.05, 3.63) is 158 Å². The van der Waals surface area contributed by atoms with Crippen LogP contribution in [0.2, 0.25) is 0 Å². The van der Waals surface area contributed by atoms with Gasteiger partial charge in [-0.2, -0.15) is 0 Å². The third kappa shape index (κ3) is 4.15. The lowest BCUT2D eigenvalue weighted by atomic mass is 10.00. The second-order valence-corrected chi connectivity index (χ2v) is 14.2. The van der Waals surface area contributed by atoms with E-state index in [1.807, 2.05) is 115 Å². The van der Waals surface area contributed by atoms with Gasteiger partial charge in [-0.25, -0.2) is 0 Å². The molecule has 0 N–H and O–H groups in total. The summed E-state index contributed by atoms with van der Waals surface area (Å²) in [7, 11) is -3.25. The van der Waals surface area contributed by atoms with Crippen molar-refractivity contribution < 1.29 is 13.4 Å². The molecule has 0 amide bonds. The van der Waals surface area contributed by atoms with Crippen LogP contribution < -0.4 is 15.9 Å². The van der Waals surface area contributed by atoms with Gasteiger partial charge in [-0.1, -0.05) is 91.0 Å². The molecule has 46 heavy (non-hydrogen) atoms. The molecule has 0 spiro atoms. The number of fused-ring (bicyclic) bond motifs is 6. The van der Waals surface area contributed by atoms with Crippen molar-refractivity contribution in [1.29, 1.82) is 0 Å². The number of rotatable bonds is 5. The second-order valence-electron chi connectivity index (χ2n) is 11.5. The van der Waals surface area contributed by atoms with Gasteiger partial charge >= 0.3 is 0 Å². The molecular weight excluding hydrogens is 585 g/mol. The summed E-state index contributed by atoms with van der Waals surface area (Å²) in [5, 5.41) is 6.45. The minimum absolute atomic E-state index is 0.697. The van der Waals surface area contributed by atoms with Crippen LogP contribution in [0.15, 0.2) is 167 Å². The zero-order valence-electron chi connectivity index (χ0n) is 24.6. The van der Waals surface area contributed by atoms with Gasteiger partial charge in [0.1, 0.15) is 22.3 Å². The summed E-state index contributed by atoms with van der Waals surface area (Å²) in [6, 6.07) is 50.2. The molecule has 4 nitrogen and oxygen atoms in total. The Kier molecular flexibility index (Phi) is 6.06. The number of nitrogens with zero attached hydrogens (tertiary/aromatic N) is 1. The molecule has 9 aromatic rings. The fraction of sp³-hybridized carbons (Fsp3) is 0. The van der Waals surface area contributed by atoms with Crippen LogP contribution in [-0.4, -0.2) is 4.98 Å². The summed E-state index contributed by atoms with van der Waals surface area (Å²) in [5.41, 5.74) is 7.13. The zero-order valence-corrected chi connectivity index (χ0v) is 25.5. The maximum absolute atomic E-state index is 15.3. The summed E-state index contributed by atoms with van der Waals surface area (Å²) < 4.78 is 27.7. The fourth-order valence-corrected chi connectivity index (χ4v) is 9.41. The van der Waals surface area contributed by atoms with Crippen LogP contribution in [0.1, 0.15) is 0 Å². The first kappa shape index (κ1) is 26.7. The van der Waals surface area contributed by atoms with Crippen molar-refractivity contribution in [1.82, 2.24) is 4.98 Å². The molecule has 0 aliphatic carbocycles. The molecular formula is C41H26NO3P. The lowest BCUT2D eigenvalue weighted by Crippen LogP contribution is -2.26. The summed E-state index contributed by atoms with van der Waals surface area (Å²) >= 11 is 0. The van der Waals surface area contributed by atoms with Gasteiger partial charge in [0.25, 0.3) is 0 Å². The third-order valence-corrected chi connectivity index (χ3v) is 11.9. The maximum Gasteiger partial charge on any atom is 0.173 e. The minimum Gasteiger partial charge on any atom is -0.456 e. The van der Waals surface area contributed by atoms with Gasteiger partial charge in [0.2, 0.25) is 0 Å². The predicted octanol–water partition coefficient (Wildman–Crippen LogP) is 9.85. The summed E-state index contributed by atoms with van der Waals surface area (Å²) in [4.78, 5) is 4.84. The van der Waals surface area contributed by atoms with Crippen LogP contribution >= 0.6 is 7.14 Å². The standard InChI is InChI=1S/C41H26NO3P/c43-46(30-10-3-1-4-11-30,31-12-5-2-6-13-31)40-16-9-23-42-41(40)29-19-22-39-35(26-29)34-25-28(18-21-38(34)45-39)27-17-20-37-33(24-27)32-14-7-8-15-36(32)44-37/h1-26H. The molecule has 0 unspecified atom stereocenters. The van der Waals surface area contributed by atoms with E-state index >= 15 is 4.57 Å². The van der Waals surface area contributed by atoms with Crippen molar-refractivity contribution in [3.63, 3.8) is 0 Å². The van der Waals surface area contributed by atoms with Crippen molar-refractivity contribution in [2.24, 2.45) is 0 Å². The number of benzene rings is 6. The molecule has 9 rings (SSSR count). The van der Waals surface area contributed by atoms with Crippen LogP contribution in [-0.2, 0) is 4.57 Å². The van der Waals surface area contributed by atoms with Gasteiger partial charge in [0.15, 0.2) is 7.14 Å². The summed E-state index contributed by atoms with van der Waals surface area (Å²) in [6.07, 6.45) is 1.77. The topological polar surface area (TPSA) is 56.2 Å². The number of pyridine rings is 1. The normalized spacial score (nSPS) is 12.0. The first-order chi connectivity index (χ1) is 22.7. The Morgan fingerprint density at radius 2 is 0.913 bits per heavy atom. The minimum atomic E-state index is -3.25. The Morgan fingerprint density at radius 1 is 0.435 bits per heavy atom. The van der Waals surface area contributed by atoms with E-state index in [2.05, 4.69) is 36.4 Å². The monoisotopic (exact) mass is 611 g/mol. The van der Waals surface area contributed by atoms with Gasteiger partial charge in [-0.3, -0.25) is 4.98 Å². The lowest BCUT2D eigenvalue weighted by molar-refractivity contribution is 0.592. The third-order valence-electron chi connectivity index (χ3n) is 8.82. The van der Waals surface area contributed by atoms with E-state index in [4.69, 9.17) is 13.8 Å². The van der Waals surface area contributed by atoms with E-state index in [-0.39, 0.29) is 0 Å². The van der Waals surface area contributed by atoms with Crippen molar-refractivity contribution in [3.8, 4) is 22.4 Å². The molecule has 6 aromatic carbocycles. The Hall–Kier alpha value is -5.70. The van der Waals surface area contributed by atoms with Gasteiger partial charge < -0.3 is 13.4 Å². The van der Waals surface area contributed by atoms with Crippen molar-refractivity contribution in [2.75, 3.05) is 0 Å². The molecule has 218 valence electrons. The van der Waals surface area contributed by atoms with Crippen molar-refractivity contribution in [2.45, 2.75) is 0 Å². The maximum atomic E-state index is 15.3. The molecule has 0 radical (unpaired) electrons. The Balaban J connectivity index is 1.21. The van der Waals surface area contributed by atoms with E-state index in [1.165, 1.54) is 0 Å².